The number of anilines is 1. The number of hydrogen-bond donors (Lipinski definition) is 2. The van der Waals surface area contributed by atoms with Gasteiger partial charge >= 0.3 is 0 Å². The number of benzene rings is 1. The SMILES string of the molecule is COc1ccc(CCC(C)N)c(NC(C)=O)c1. The van der Waals surface area contributed by atoms with Gasteiger partial charge in [0.05, 0.1) is 7.11 Å². The molecule has 94 valence electrons. The van der Waals surface area contributed by atoms with E-state index in [4.69, 9.17) is 10.5 Å². The van der Waals surface area contributed by atoms with Crippen molar-refractivity contribution in [2.45, 2.75) is 32.7 Å². The molecule has 0 bridgehead atoms. The molecular weight excluding hydrogens is 216 g/mol. The second kappa shape index (κ2) is 6.25. The molecule has 0 spiro atoms. The average molecular weight is 236 g/mol. The zero-order chi connectivity index (χ0) is 12.8. The molecule has 4 nitrogen and oxygen atoms in total. The van der Waals surface area contributed by atoms with Crippen molar-refractivity contribution in [1.29, 1.82) is 0 Å². The van der Waals surface area contributed by atoms with Crippen LogP contribution < -0.4 is 15.8 Å². The second-order valence-electron chi connectivity index (χ2n) is 4.22. The number of methoxy groups -OCH3 is 1. The fourth-order valence-electron chi connectivity index (χ4n) is 1.59. The molecule has 1 rings (SSSR count). The maximum absolute atomic E-state index is 11.1. The molecule has 0 saturated heterocycles. The molecule has 4 heteroatoms. The largest absolute Gasteiger partial charge is 0.497 e. The van der Waals surface area contributed by atoms with Crippen LogP contribution in [0.3, 0.4) is 0 Å². The number of aryl methyl sites for hydroxylation is 1. The quantitative estimate of drug-likeness (QED) is 0.821. The maximum atomic E-state index is 11.1. The van der Waals surface area contributed by atoms with Gasteiger partial charge in [0.25, 0.3) is 0 Å². The summed E-state index contributed by atoms with van der Waals surface area (Å²) in [5, 5.41) is 2.81. The first-order chi connectivity index (χ1) is 8.02. The van der Waals surface area contributed by atoms with Crippen LogP contribution in [0, 0.1) is 0 Å². The first-order valence-electron chi connectivity index (χ1n) is 5.73. The number of hydrogen-bond acceptors (Lipinski definition) is 3. The van der Waals surface area contributed by atoms with Gasteiger partial charge in [0.15, 0.2) is 0 Å². The van der Waals surface area contributed by atoms with E-state index >= 15 is 0 Å². The van der Waals surface area contributed by atoms with E-state index in [1.54, 1.807) is 7.11 Å². The molecule has 0 heterocycles. The first kappa shape index (κ1) is 13.5. The monoisotopic (exact) mass is 236 g/mol. The van der Waals surface area contributed by atoms with Crippen LogP contribution in [-0.2, 0) is 11.2 Å². The van der Waals surface area contributed by atoms with Gasteiger partial charge in [-0.2, -0.15) is 0 Å². The highest BCUT2D eigenvalue weighted by Crippen LogP contribution is 2.24. The minimum atomic E-state index is -0.0831. The van der Waals surface area contributed by atoms with Crippen LogP contribution in [0.5, 0.6) is 5.75 Å². The summed E-state index contributed by atoms with van der Waals surface area (Å²) in [5.41, 5.74) is 7.62. The molecule has 0 aliphatic heterocycles. The minimum absolute atomic E-state index is 0.0831. The normalized spacial score (nSPS) is 12.0. The number of nitrogens with two attached hydrogens (primary N) is 1. The zero-order valence-electron chi connectivity index (χ0n) is 10.6. The molecule has 1 aromatic carbocycles. The molecule has 0 aromatic heterocycles. The molecule has 0 aliphatic rings. The summed E-state index contributed by atoms with van der Waals surface area (Å²) in [6, 6.07) is 5.84. The molecule has 17 heavy (non-hydrogen) atoms. The van der Waals surface area contributed by atoms with E-state index in [2.05, 4.69) is 5.32 Å². The third-order valence-corrected chi connectivity index (χ3v) is 2.50. The van der Waals surface area contributed by atoms with Gasteiger partial charge in [0.2, 0.25) is 5.91 Å². The minimum Gasteiger partial charge on any atom is -0.497 e. The third kappa shape index (κ3) is 4.44. The average Bonchev–Trinajstić information content (AvgIpc) is 2.26. The van der Waals surface area contributed by atoms with Crippen LogP contribution in [0.1, 0.15) is 25.8 Å². The Morgan fingerprint density at radius 2 is 2.24 bits per heavy atom. The van der Waals surface area contributed by atoms with Gasteiger partial charge in [0.1, 0.15) is 5.75 Å². The number of carbonyl (C=O) groups excluding carboxylic acids is 1. The number of amides is 1. The highest BCUT2D eigenvalue weighted by Gasteiger charge is 2.07. The van der Waals surface area contributed by atoms with Gasteiger partial charge in [0, 0.05) is 24.7 Å². The lowest BCUT2D eigenvalue weighted by molar-refractivity contribution is -0.114. The van der Waals surface area contributed by atoms with Crippen LogP contribution >= 0.6 is 0 Å². The second-order valence-corrected chi connectivity index (χ2v) is 4.22. The Kier molecular flexibility index (Phi) is 4.97. The number of nitrogens with one attached hydrogen (secondary N) is 1. The summed E-state index contributed by atoms with van der Waals surface area (Å²) in [6.45, 7) is 3.47. The van der Waals surface area contributed by atoms with E-state index in [9.17, 15) is 4.79 Å². The van der Waals surface area contributed by atoms with E-state index in [0.29, 0.717) is 0 Å². The van der Waals surface area contributed by atoms with Crippen molar-refractivity contribution < 1.29 is 9.53 Å². The molecule has 1 amide bonds. The van der Waals surface area contributed by atoms with Gasteiger partial charge in [-0.15, -0.1) is 0 Å². The molecule has 3 N–H and O–H groups in total. The van der Waals surface area contributed by atoms with Crippen LogP contribution in [0.4, 0.5) is 5.69 Å². The standard InChI is InChI=1S/C13H20N2O2/c1-9(14)4-5-11-6-7-12(17-3)8-13(11)15-10(2)16/h6-9H,4-5,14H2,1-3H3,(H,15,16). The zero-order valence-corrected chi connectivity index (χ0v) is 10.6. The molecule has 0 radical (unpaired) electrons. The molecule has 1 unspecified atom stereocenters. The van der Waals surface area contributed by atoms with E-state index in [0.717, 1.165) is 29.8 Å². The Labute approximate surface area is 102 Å². The van der Waals surface area contributed by atoms with Crippen molar-refractivity contribution in [3.63, 3.8) is 0 Å². The molecule has 1 atom stereocenters. The highest BCUT2D eigenvalue weighted by atomic mass is 16.5. The summed E-state index contributed by atoms with van der Waals surface area (Å²) in [6.07, 6.45) is 1.73. The van der Waals surface area contributed by atoms with Crippen LogP contribution in [-0.4, -0.2) is 19.1 Å². The van der Waals surface area contributed by atoms with Crippen LogP contribution in [0.25, 0.3) is 0 Å². The maximum Gasteiger partial charge on any atom is 0.221 e. The number of rotatable bonds is 5. The Morgan fingerprint density at radius 1 is 1.53 bits per heavy atom. The van der Waals surface area contributed by atoms with Crippen LogP contribution in [0.15, 0.2) is 18.2 Å². The lowest BCUT2D eigenvalue weighted by atomic mass is 10.0. The fourth-order valence-corrected chi connectivity index (χ4v) is 1.59. The Bertz CT molecular complexity index is 389. The van der Waals surface area contributed by atoms with E-state index in [-0.39, 0.29) is 11.9 Å². The summed E-state index contributed by atoms with van der Waals surface area (Å²) < 4.78 is 5.14. The van der Waals surface area contributed by atoms with Crippen molar-refractivity contribution in [3.05, 3.63) is 23.8 Å². The Balaban J connectivity index is 2.89. The van der Waals surface area contributed by atoms with Gasteiger partial charge in [-0.1, -0.05) is 6.07 Å². The van der Waals surface area contributed by atoms with E-state index < -0.39 is 0 Å². The summed E-state index contributed by atoms with van der Waals surface area (Å²) >= 11 is 0. The number of carbonyl (C=O) groups is 1. The lowest BCUT2D eigenvalue weighted by Gasteiger charge is -2.12. The summed E-state index contributed by atoms with van der Waals surface area (Å²) in [4.78, 5) is 11.1. The number of ether oxygens (including phenoxy) is 1. The van der Waals surface area contributed by atoms with Crippen molar-refractivity contribution >= 4 is 11.6 Å². The van der Waals surface area contributed by atoms with Gasteiger partial charge in [-0.3, -0.25) is 4.79 Å². The van der Waals surface area contributed by atoms with Gasteiger partial charge < -0.3 is 15.8 Å². The van der Waals surface area contributed by atoms with Crippen molar-refractivity contribution in [2.75, 3.05) is 12.4 Å². The summed E-state index contributed by atoms with van der Waals surface area (Å²) in [7, 11) is 1.61. The molecule has 0 fully saturated rings. The van der Waals surface area contributed by atoms with Gasteiger partial charge in [-0.05, 0) is 31.4 Å². The lowest BCUT2D eigenvalue weighted by Crippen LogP contribution is -2.16. The predicted octanol–water partition coefficient (Wildman–Crippen LogP) is 1.93. The molecule has 0 aliphatic carbocycles. The summed E-state index contributed by atoms with van der Waals surface area (Å²) in [5.74, 6) is 0.651. The van der Waals surface area contributed by atoms with Crippen molar-refractivity contribution in [3.8, 4) is 5.75 Å². The smallest absolute Gasteiger partial charge is 0.221 e. The predicted molar refractivity (Wildman–Crippen MR) is 69.3 cm³/mol. The Hall–Kier alpha value is -1.55. The topological polar surface area (TPSA) is 64.3 Å². The highest BCUT2D eigenvalue weighted by molar-refractivity contribution is 5.89. The van der Waals surface area contributed by atoms with Crippen LogP contribution in [0.2, 0.25) is 0 Å². The van der Waals surface area contributed by atoms with Crippen molar-refractivity contribution in [2.24, 2.45) is 5.73 Å². The third-order valence-electron chi connectivity index (χ3n) is 2.50. The molecular formula is C13H20N2O2. The van der Waals surface area contributed by atoms with E-state index in [1.807, 2.05) is 25.1 Å². The van der Waals surface area contributed by atoms with E-state index in [1.165, 1.54) is 6.92 Å². The van der Waals surface area contributed by atoms with Gasteiger partial charge in [-0.25, -0.2) is 0 Å². The molecule has 0 saturated carbocycles. The Morgan fingerprint density at radius 3 is 2.76 bits per heavy atom. The first-order valence-corrected chi connectivity index (χ1v) is 5.73. The molecule has 1 aromatic rings. The fraction of sp³-hybridized carbons (Fsp3) is 0.462. The van der Waals surface area contributed by atoms with Crippen molar-refractivity contribution in [1.82, 2.24) is 0 Å².